The fraction of sp³-hybridized carbons (Fsp3) is 0.750. The average molecular weight is 451 g/mol. The standard InChI is InChI=1S/C24H46N6O2/c25-15-3-1-5-17-27-19-7-9-21-29(23-11-13-24(14-12-23)30(31)32)22-10-8-20-28-18-6-2-4-16-26/h11-14,27-28H,1-10,15-22,25-26H2. The first kappa shape index (κ1) is 28.3. The zero-order valence-electron chi connectivity index (χ0n) is 19.9. The molecule has 0 aliphatic rings. The van der Waals surface area contributed by atoms with E-state index in [4.69, 9.17) is 11.5 Å². The van der Waals surface area contributed by atoms with Crippen LogP contribution in [0.3, 0.4) is 0 Å². The topological polar surface area (TPSA) is 122 Å². The van der Waals surface area contributed by atoms with Gasteiger partial charge in [0.05, 0.1) is 4.92 Å². The third-order valence-corrected chi connectivity index (χ3v) is 5.60. The quantitative estimate of drug-likeness (QED) is 0.121. The summed E-state index contributed by atoms with van der Waals surface area (Å²) in [6.45, 7) is 7.69. The molecule has 1 rings (SSSR count). The molecule has 0 fully saturated rings. The summed E-state index contributed by atoms with van der Waals surface area (Å²) in [5.74, 6) is 0. The van der Waals surface area contributed by atoms with E-state index in [1.165, 1.54) is 25.7 Å². The molecule has 0 unspecified atom stereocenters. The Kier molecular flexibility index (Phi) is 17.6. The number of anilines is 1. The second-order valence-electron chi connectivity index (χ2n) is 8.37. The van der Waals surface area contributed by atoms with Crippen LogP contribution < -0.4 is 27.0 Å². The highest BCUT2D eigenvalue weighted by Gasteiger charge is 2.09. The first-order chi connectivity index (χ1) is 15.7. The Morgan fingerprint density at radius 2 is 1.12 bits per heavy atom. The van der Waals surface area contributed by atoms with Crippen molar-refractivity contribution in [3.63, 3.8) is 0 Å². The van der Waals surface area contributed by atoms with Gasteiger partial charge in [-0.1, -0.05) is 12.8 Å². The van der Waals surface area contributed by atoms with E-state index in [-0.39, 0.29) is 10.6 Å². The van der Waals surface area contributed by atoms with Gasteiger partial charge >= 0.3 is 0 Å². The van der Waals surface area contributed by atoms with Crippen LogP contribution in [0, 0.1) is 10.1 Å². The molecular weight excluding hydrogens is 404 g/mol. The van der Waals surface area contributed by atoms with E-state index in [1.807, 2.05) is 12.1 Å². The molecule has 0 bridgehead atoms. The number of rotatable bonds is 22. The largest absolute Gasteiger partial charge is 0.372 e. The van der Waals surface area contributed by atoms with Gasteiger partial charge in [0, 0.05) is 30.9 Å². The number of benzene rings is 1. The van der Waals surface area contributed by atoms with Gasteiger partial charge in [-0.2, -0.15) is 0 Å². The summed E-state index contributed by atoms with van der Waals surface area (Å²) < 4.78 is 0. The van der Waals surface area contributed by atoms with Crippen molar-refractivity contribution in [2.45, 2.75) is 64.2 Å². The number of nitro groups is 1. The van der Waals surface area contributed by atoms with E-state index < -0.39 is 0 Å². The van der Waals surface area contributed by atoms with E-state index in [9.17, 15) is 10.1 Å². The first-order valence-electron chi connectivity index (χ1n) is 12.5. The Hall–Kier alpha value is -1.74. The lowest BCUT2D eigenvalue weighted by Crippen LogP contribution is -2.27. The highest BCUT2D eigenvalue weighted by atomic mass is 16.6. The van der Waals surface area contributed by atoms with Crippen LogP contribution >= 0.6 is 0 Å². The molecule has 0 heterocycles. The van der Waals surface area contributed by atoms with Crippen molar-refractivity contribution >= 4 is 11.4 Å². The summed E-state index contributed by atoms with van der Waals surface area (Å²) in [6.07, 6.45) is 11.4. The molecule has 8 heteroatoms. The Bertz CT molecular complexity index is 548. The van der Waals surface area contributed by atoms with Crippen LogP contribution in [-0.2, 0) is 0 Å². The van der Waals surface area contributed by atoms with E-state index >= 15 is 0 Å². The monoisotopic (exact) mass is 450 g/mol. The Morgan fingerprint density at radius 1 is 0.688 bits per heavy atom. The van der Waals surface area contributed by atoms with Crippen LogP contribution in [0.1, 0.15) is 64.2 Å². The van der Waals surface area contributed by atoms with Crippen molar-refractivity contribution in [3.8, 4) is 0 Å². The Morgan fingerprint density at radius 3 is 1.53 bits per heavy atom. The number of unbranched alkanes of at least 4 members (excludes halogenated alkanes) is 6. The van der Waals surface area contributed by atoms with Gasteiger partial charge in [-0.3, -0.25) is 10.1 Å². The summed E-state index contributed by atoms with van der Waals surface area (Å²) in [6, 6.07) is 6.97. The third kappa shape index (κ3) is 14.3. The highest BCUT2D eigenvalue weighted by Crippen LogP contribution is 2.20. The van der Waals surface area contributed by atoms with Crippen LogP contribution in [-0.4, -0.2) is 57.3 Å². The van der Waals surface area contributed by atoms with Crippen LogP contribution in [0.5, 0.6) is 0 Å². The predicted octanol–water partition coefficient (Wildman–Crippen LogP) is 3.40. The summed E-state index contributed by atoms with van der Waals surface area (Å²) in [7, 11) is 0. The molecule has 32 heavy (non-hydrogen) atoms. The molecule has 0 saturated carbocycles. The molecule has 0 radical (unpaired) electrons. The molecule has 0 amide bonds. The lowest BCUT2D eigenvalue weighted by Gasteiger charge is -2.25. The zero-order chi connectivity index (χ0) is 23.3. The van der Waals surface area contributed by atoms with Crippen molar-refractivity contribution < 1.29 is 4.92 Å². The maximum Gasteiger partial charge on any atom is 0.269 e. The molecule has 1 aromatic rings. The molecule has 1 aromatic carbocycles. The van der Waals surface area contributed by atoms with Crippen LogP contribution in [0.2, 0.25) is 0 Å². The number of non-ortho nitro benzene ring substituents is 1. The van der Waals surface area contributed by atoms with Crippen LogP contribution in [0.15, 0.2) is 24.3 Å². The number of nitro benzene ring substituents is 1. The number of nitrogens with zero attached hydrogens (tertiary/aromatic N) is 2. The fourth-order valence-corrected chi connectivity index (χ4v) is 3.65. The molecule has 0 aliphatic heterocycles. The Labute approximate surface area is 194 Å². The minimum Gasteiger partial charge on any atom is -0.372 e. The normalized spacial score (nSPS) is 11.1. The molecule has 0 aromatic heterocycles. The molecule has 8 nitrogen and oxygen atoms in total. The van der Waals surface area contributed by atoms with Crippen molar-refractivity contribution in [2.24, 2.45) is 11.5 Å². The van der Waals surface area contributed by atoms with Gasteiger partial charge in [0.25, 0.3) is 5.69 Å². The summed E-state index contributed by atoms with van der Waals surface area (Å²) >= 11 is 0. The van der Waals surface area contributed by atoms with Crippen molar-refractivity contribution in [3.05, 3.63) is 34.4 Å². The fourth-order valence-electron chi connectivity index (χ4n) is 3.65. The number of nitrogens with one attached hydrogen (secondary N) is 2. The predicted molar refractivity (Wildman–Crippen MR) is 135 cm³/mol. The van der Waals surface area contributed by atoms with Gasteiger partial charge in [0.2, 0.25) is 0 Å². The van der Waals surface area contributed by atoms with E-state index in [2.05, 4.69) is 15.5 Å². The van der Waals surface area contributed by atoms with Crippen molar-refractivity contribution in [2.75, 3.05) is 57.3 Å². The third-order valence-electron chi connectivity index (χ3n) is 5.60. The number of hydrogen-bond acceptors (Lipinski definition) is 7. The maximum absolute atomic E-state index is 11.0. The first-order valence-corrected chi connectivity index (χ1v) is 12.5. The summed E-state index contributed by atoms with van der Waals surface area (Å²) in [4.78, 5) is 13.0. The molecular formula is C24H46N6O2. The van der Waals surface area contributed by atoms with Gasteiger partial charge < -0.3 is 27.0 Å². The van der Waals surface area contributed by atoms with Gasteiger partial charge in [0.1, 0.15) is 0 Å². The van der Waals surface area contributed by atoms with Gasteiger partial charge in [-0.25, -0.2) is 0 Å². The molecule has 0 aliphatic carbocycles. The molecule has 0 saturated heterocycles. The lowest BCUT2D eigenvalue weighted by atomic mass is 10.2. The van der Waals surface area contributed by atoms with Gasteiger partial charge in [-0.15, -0.1) is 0 Å². The molecule has 0 atom stereocenters. The average Bonchev–Trinajstić information content (AvgIpc) is 2.80. The second-order valence-corrected chi connectivity index (χ2v) is 8.37. The SMILES string of the molecule is NCCCCCNCCCCN(CCCCNCCCCCN)c1ccc([N+](=O)[O-])cc1. The smallest absolute Gasteiger partial charge is 0.269 e. The minimum atomic E-state index is -0.341. The highest BCUT2D eigenvalue weighted by molar-refractivity contribution is 5.50. The Balaban J connectivity index is 2.32. The number of hydrogen-bond donors (Lipinski definition) is 4. The molecule has 0 spiro atoms. The minimum absolute atomic E-state index is 0.145. The number of nitrogens with two attached hydrogens (primary N) is 2. The van der Waals surface area contributed by atoms with Crippen LogP contribution in [0.25, 0.3) is 0 Å². The summed E-state index contributed by atoms with van der Waals surface area (Å²) in [5.41, 5.74) is 12.3. The zero-order valence-corrected chi connectivity index (χ0v) is 19.9. The molecule has 6 N–H and O–H groups in total. The maximum atomic E-state index is 11.0. The van der Waals surface area contributed by atoms with E-state index in [0.717, 1.165) is 96.6 Å². The lowest BCUT2D eigenvalue weighted by molar-refractivity contribution is -0.384. The van der Waals surface area contributed by atoms with Gasteiger partial charge in [-0.05, 0) is 103 Å². The van der Waals surface area contributed by atoms with E-state index in [1.54, 1.807) is 12.1 Å². The molecule has 184 valence electrons. The van der Waals surface area contributed by atoms with Crippen LogP contribution in [0.4, 0.5) is 11.4 Å². The van der Waals surface area contributed by atoms with Crippen molar-refractivity contribution in [1.29, 1.82) is 0 Å². The van der Waals surface area contributed by atoms with Gasteiger partial charge in [0.15, 0.2) is 0 Å². The second kappa shape index (κ2) is 19.9. The summed E-state index contributed by atoms with van der Waals surface area (Å²) in [5, 5.41) is 18.0. The van der Waals surface area contributed by atoms with Crippen molar-refractivity contribution in [1.82, 2.24) is 10.6 Å². The van der Waals surface area contributed by atoms with E-state index in [0.29, 0.717) is 0 Å².